The number of ether oxygens (including phenoxy) is 3. The van der Waals surface area contributed by atoms with Gasteiger partial charge in [-0.05, 0) is 97.7 Å². The van der Waals surface area contributed by atoms with Crippen LogP contribution >= 0.6 is 0 Å². The Balaban J connectivity index is 0.892. The molecule has 10 heteroatoms. The molecule has 0 unspecified atom stereocenters. The molecule has 0 amide bonds. The third-order valence-electron chi connectivity index (χ3n) is 12.1. The summed E-state index contributed by atoms with van der Waals surface area (Å²) < 4.78 is 21.5. The summed E-state index contributed by atoms with van der Waals surface area (Å²) in [6, 6.07) is 36.0. The lowest BCUT2D eigenvalue weighted by Gasteiger charge is -2.19. The monoisotopic (exact) mass is 874 g/mol. The summed E-state index contributed by atoms with van der Waals surface area (Å²) in [6.45, 7) is 9.14. The zero-order valence-electron chi connectivity index (χ0n) is 38.6. The van der Waals surface area contributed by atoms with E-state index in [4.69, 9.17) is 24.2 Å². The first-order valence-corrected chi connectivity index (χ1v) is 23.4. The second-order valence-corrected chi connectivity index (χ2v) is 17.0. The van der Waals surface area contributed by atoms with Crippen LogP contribution in [0.4, 0.5) is 0 Å². The van der Waals surface area contributed by atoms with E-state index < -0.39 is 12.1 Å². The van der Waals surface area contributed by atoms with Gasteiger partial charge >= 0.3 is 17.9 Å². The van der Waals surface area contributed by atoms with Crippen LogP contribution in [0.2, 0.25) is 0 Å². The van der Waals surface area contributed by atoms with Gasteiger partial charge in [-0.15, -0.1) is 0 Å². The van der Waals surface area contributed by atoms with Gasteiger partial charge in [-0.3, -0.25) is 4.79 Å². The Morgan fingerprint density at radius 3 is 2.00 bits per heavy atom. The minimum atomic E-state index is -0.468. The number of imidazole rings is 2. The largest absolute Gasteiger partial charge is 0.462 e. The van der Waals surface area contributed by atoms with Crippen molar-refractivity contribution in [1.82, 2.24) is 19.1 Å². The zero-order valence-corrected chi connectivity index (χ0v) is 38.6. The second kappa shape index (κ2) is 22.4. The van der Waals surface area contributed by atoms with Gasteiger partial charge in [0.2, 0.25) is 0 Å². The van der Waals surface area contributed by atoms with Crippen LogP contribution in [-0.2, 0) is 39.0 Å². The highest BCUT2D eigenvalue weighted by Crippen LogP contribution is 2.32. The standard InChI is InChI=1S/C55H62N4O6/c1-6-8-28-50(65-39(4)60)44-23-14-16-25-46(44)55(62)64-34-20-12-10-9-11-19-33-63-54(61)45-24-15-13-22-43(45)41-31-29-40(30-32-41)37-59-49-36-42(35-38(3)52(49)57-51(59)21-7-2)53-56-47-26-17-18-27-48(47)58(53)5/h13-18,22-27,29-32,35-36,50H,6-12,19-21,28,33-34,37H2,1-5H3/t50-/m0/s1. The summed E-state index contributed by atoms with van der Waals surface area (Å²) in [5.74, 6) is 0.919. The van der Waals surface area contributed by atoms with Crippen molar-refractivity contribution in [2.45, 2.75) is 111 Å². The number of carbonyl (C=O) groups excluding carboxylic acids is 3. The van der Waals surface area contributed by atoms with Crippen molar-refractivity contribution < 1.29 is 28.6 Å². The molecule has 7 aromatic rings. The molecule has 10 nitrogen and oxygen atoms in total. The van der Waals surface area contributed by atoms with E-state index in [0.29, 0.717) is 42.9 Å². The van der Waals surface area contributed by atoms with Crippen molar-refractivity contribution in [3.05, 3.63) is 143 Å². The first-order chi connectivity index (χ1) is 31.7. The predicted octanol–water partition coefficient (Wildman–Crippen LogP) is 12.7. The number of nitrogens with zero attached hydrogens (tertiary/aromatic N) is 4. The van der Waals surface area contributed by atoms with Gasteiger partial charge in [0.25, 0.3) is 0 Å². The smallest absolute Gasteiger partial charge is 0.338 e. The highest BCUT2D eigenvalue weighted by atomic mass is 16.5. The number of hydrogen-bond acceptors (Lipinski definition) is 8. The molecule has 0 saturated carbocycles. The molecule has 0 fully saturated rings. The van der Waals surface area contributed by atoms with Gasteiger partial charge in [0.1, 0.15) is 17.8 Å². The molecule has 7 rings (SSSR count). The van der Waals surface area contributed by atoms with Gasteiger partial charge in [-0.25, -0.2) is 19.6 Å². The molecular formula is C55H62N4O6. The van der Waals surface area contributed by atoms with Gasteiger partial charge in [0.05, 0.1) is 46.4 Å². The van der Waals surface area contributed by atoms with Gasteiger partial charge in [-0.1, -0.05) is 119 Å². The molecule has 0 radical (unpaired) electrons. The molecular weight excluding hydrogens is 813 g/mol. The van der Waals surface area contributed by atoms with Crippen LogP contribution in [-0.4, -0.2) is 50.2 Å². The molecule has 338 valence electrons. The van der Waals surface area contributed by atoms with Crippen molar-refractivity contribution in [1.29, 1.82) is 0 Å². The van der Waals surface area contributed by atoms with Crippen LogP contribution in [0.5, 0.6) is 0 Å². The van der Waals surface area contributed by atoms with Crippen molar-refractivity contribution in [3.8, 4) is 22.5 Å². The molecule has 0 aliphatic heterocycles. The lowest BCUT2D eigenvalue weighted by atomic mass is 9.98. The van der Waals surface area contributed by atoms with Crippen LogP contribution in [0.3, 0.4) is 0 Å². The maximum Gasteiger partial charge on any atom is 0.338 e. The highest BCUT2D eigenvalue weighted by molar-refractivity contribution is 5.97. The number of esters is 3. The van der Waals surface area contributed by atoms with E-state index >= 15 is 0 Å². The first kappa shape index (κ1) is 46.4. The van der Waals surface area contributed by atoms with Crippen molar-refractivity contribution in [2.24, 2.45) is 7.05 Å². The quantitative estimate of drug-likeness (QED) is 0.0376. The normalized spacial score (nSPS) is 11.8. The summed E-state index contributed by atoms with van der Waals surface area (Å²) in [4.78, 5) is 48.3. The Kier molecular flexibility index (Phi) is 16.0. The van der Waals surface area contributed by atoms with Crippen LogP contribution < -0.4 is 0 Å². The van der Waals surface area contributed by atoms with Crippen molar-refractivity contribution in [3.63, 3.8) is 0 Å². The molecule has 0 N–H and O–H groups in total. The number of rotatable bonds is 22. The Bertz CT molecular complexity index is 2730. The number of unbranched alkanes of at least 4 members (excludes halogenated alkanes) is 6. The van der Waals surface area contributed by atoms with Crippen molar-refractivity contribution >= 4 is 40.0 Å². The molecule has 0 saturated heterocycles. The zero-order chi connectivity index (χ0) is 45.7. The van der Waals surface area contributed by atoms with Gasteiger partial charge in [0.15, 0.2) is 0 Å². The number of aromatic nitrogens is 4. The summed E-state index contributed by atoms with van der Waals surface area (Å²) >= 11 is 0. The third kappa shape index (κ3) is 11.4. The summed E-state index contributed by atoms with van der Waals surface area (Å²) in [6.07, 6.45) is 9.29. The average molecular weight is 875 g/mol. The van der Waals surface area contributed by atoms with Gasteiger partial charge in [-0.2, -0.15) is 0 Å². The van der Waals surface area contributed by atoms with E-state index in [1.807, 2.05) is 48.5 Å². The topological polar surface area (TPSA) is 115 Å². The van der Waals surface area contributed by atoms with Crippen LogP contribution in [0.1, 0.15) is 134 Å². The molecule has 1 atom stereocenters. The average Bonchev–Trinajstić information content (AvgIpc) is 3.84. The first-order valence-electron chi connectivity index (χ1n) is 23.4. The predicted molar refractivity (Wildman–Crippen MR) is 258 cm³/mol. The summed E-state index contributed by atoms with van der Waals surface area (Å²) in [5.41, 5.74) is 11.0. The summed E-state index contributed by atoms with van der Waals surface area (Å²) in [7, 11) is 2.07. The Hall–Kier alpha value is -6.55. The van der Waals surface area contributed by atoms with E-state index in [-0.39, 0.29) is 11.9 Å². The molecule has 0 spiro atoms. The van der Waals surface area contributed by atoms with E-state index in [1.54, 1.807) is 12.1 Å². The fourth-order valence-electron chi connectivity index (χ4n) is 8.68. The van der Waals surface area contributed by atoms with E-state index in [1.165, 1.54) is 6.92 Å². The molecule has 0 aliphatic carbocycles. The Morgan fingerprint density at radius 2 is 1.31 bits per heavy atom. The van der Waals surface area contributed by atoms with E-state index in [2.05, 4.69) is 85.5 Å². The van der Waals surface area contributed by atoms with Crippen LogP contribution in [0.25, 0.3) is 44.6 Å². The molecule has 2 aromatic heterocycles. The minimum Gasteiger partial charge on any atom is -0.462 e. The molecule has 5 aromatic carbocycles. The van der Waals surface area contributed by atoms with Gasteiger partial charge in [0, 0.05) is 38.1 Å². The fraction of sp³-hybridized carbons (Fsp3) is 0.364. The van der Waals surface area contributed by atoms with Gasteiger partial charge < -0.3 is 23.3 Å². The Labute approximate surface area is 383 Å². The number of carbonyl (C=O) groups is 3. The van der Waals surface area contributed by atoms with Crippen LogP contribution in [0, 0.1) is 6.92 Å². The fourth-order valence-corrected chi connectivity index (χ4v) is 8.68. The Morgan fingerprint density at radius 1 is 0.662 bits per heavy atom. The lowest BCUT2D eigenvalue weighted by Crippen LogP contribution is -2.15. The number of para-hydroxylation sites is 2. The number of aryl methyl sites for hydroxylation is 3. The number of fused-ring (bicyclic) bond motifs is 2. The molecule has 0 bridgehead atoms. The second-order valence-electron chi connectivity index (χ2n) is 17.0. The van der Waals surface area contributed by atoms with E-state index in [0.717, 1.165) is 126 Å². The molecule has 65 heavy (non-hydrogen) atoms. The minimum absolute atomic E-state index is 0.321. The van der Waals surface area contributed by atoms with E-state index in [9.17, 15) is 14.4 Å². The third-order valence-corrected chi connectivity index (χ3v) is 12.1. The number of hydrogen-bond donors (Lipinski definition) is 0. The molecule has 2 heterocycles. The molecule has 0 aliphatic rings. The SMILES string of the molecule is CCCC[C@H](OC(C)=O)c1ccccc1C(=O)OCCCCCCCCOC(=O)c1ccccc1-c1ccc(Cn2c(CCC)nc3c(C)cc(-c4nc5ccccc5n4C)cc32)cc1. The summed E-state index contributed by atoms with van der Waals surface area (Å²) in [5, 5.41) is 0. The van der Waals surface area contributed by atoms with Crippen LogP contribution in [0.15, 0.2) is 109 Å². The maximum atomic E-state index is 13.4. The number of benzene rings is 5. The van der Waals surface area contributed by atoms with Crippen molar-refractivity contribution in [2.75, 3.05) is 13.2 Å². The maximum absolute atomic E-state index is 13.4. The highest BCUT2D eigenvalue weighted by Gasteiger charge is 2.23. The lowest BCUT2D eigenvalue weighted by molar-refractivity contribution is -0.147.